The van der Waals surface area contributed by atoms with Gasteiger partial charge in [-0.2, -0.15) is 0 Å². The van der Waals surface area contributed by atoms with Gasteiger partial charge in [-0.15, -0.1) is 5.10 Å². The van der Waals surface area contributed by atoms with Crippen molar-refractivity contribution in [2.75, 3.05) is 0 Å². The zero-order valence-corrected chi connectivity index (χ0v) is 5.94. The highest BCUT2D eigenvalue weighted by Crippen LogP contribution is 2.12. The Balaban J connectivity index is 2.82. The molecule has 2 aromatic rings. The molecule has 1 N–H and O–H groups in total. The molecule has 1 aromatic carbocycles. The summed E-state index contributed by atoms with van der Waals surface area (Å²) >= 11 is 0. The summed E-state index contributed by atoms with van der Waals surface area (Å²) in [7, 11) is 0. The van der Waals surface area contributed by atoms with Gasteiger partial charge in [0, 0.05) is 0 Å². The first-order valence-electron chi connectivity index (χ1n) is 3.30. The van der Waals surface area contributed by atoms with Crippen molar-refractivity contribution in [3.05, 3.63) is 23.8 Å². The van der Waals surface area contributed by atoms with Gasteiger partial charge >= 0.3 is 5.97 Å². The first kappa shape index (κ1) is 6.78. The minimum atomic E-state index is -1.24. The maximum Gasteiger partial charge on any atom is 0.388 e. The molecule has 0 spiro atoms. The lowest BCUT2D eigenvalue weighted by atomic mass is 10.2. The van der Waals surface area contributed by atoms with E-state index in [1.807, 2.05) is 0 Å². The minimum Gasteiger partial charge on any atom is -0.258 e. The Hall–Kier alpha value is -1.91. The van der Waals surface area contributed by atoms with Gasteiger partial charge in [0.15, 0.2) is 0 Å². The predicted molar refractivity (Wildman–Crippen MR) is 38.9 cm³/mol. The summed E-state index contributed by atoms with van der Waals surface area (Å²) in [5.41, 5.74) is 0.982. The van der Waals surface area contributed by atoms with E-state index in [4.69, 9.17) is 0 Å². The lowest BCUT2D eigenvalue weighted by Gasteiger charge is -1.90. The van der Waals surface area contributed by atoms with E-state index in [1.54, 1.807) is 12.1 Å². The SMILES string of the molecule is [O]C(=O)c1cccc2[nH]nnc12. The normalized spacial score (nSPS) is 10.3. The first-order valence-corrected chi connectivity index (χ1v) is 3.30. The van der Waals surface area contributed by atoms with Crippen LogP contribution in [0.2, 0.25) is 0 Å². The van der Waals surface area contributed by atoms with Gasteiger partial charge < -0.3 is 0 Å². The molecule has 1 radical (unpaired) electrons. The van der Waals surface area contributed by atoms with Crippen LogP contribution in [0.15, 0.2) is 18.2 Å². The molecule has 0 atom stereocenters. The minimum absolute atomic E-state index is 0.0567. The zero-order valence-electron chi connectivity index (χ0n) is 5.94. The van der Waals surface area contributed by atoms with E-state index in [1.165, 1.54) is 6.07 Å². The number of aromatic amines is 1. The molecule has 5 heteroatoms. The standard InChI is InChI=1S/C7H4N3O2/c11-7(12)4-2-1-3-5-6(4)9-10-8-5/h1-3H,(H,8,9,10). The molecule has 0 amide bonds. The third-order valence-electron chi connectivity index (χ3n) is 1.58. The van der Waals surface area contributed by atoms with E-state index in [9.17, 15) is 9.90 Å². The number of nitrogens with one attached hydrogen (secondary N) is 1. The molecular weight excluding hydrogens is 158 g/mol. The summed E-state index contributed by atoms with van der Waals surface area (Å²) < 4.78 is 0. The Kier molecular flexibility index (Phi) is 1.30. The van der Waals surface area contributed by atoms with Gasteiger partial charge in [0.05, 0.1) is 11.1 Å². The molecule has 1 aromatic heterocycles. The first-order chi connectivity index (χ1) is 5.79. The molecule has 0 fully saturated rings. The molecule has 0 aliphatic carbocycles. The van der Waals surface area contributed by atoms with Crippen LogP contribution in [0, 0.1) is 0 Å². The number of H-pyrrole nitrogens is 1. The van der Waals surface area contributed by atoms with Crippen molar-refractivity contribution >= 4 is 17.0 Å². The smallest absolute Gasteiger partial charge is 0.258 e. The molecule has 1 heterocycles. The molecule has 0 unspecified atom stereocenters. The Morgan fingerprint density at radius 3 is 3.00 bits per heavy atom. The molecule has 59 valence electrons. The maximum absolute atomic E-state index is 10.5. The highest BCUT2D eigenvalue weighted by Gasteiger charge is 2.11. The van der Waals surface area contributed by atoms with Crippen molar-refractivity contribution in [3.63, 3.8) is 0 Å². The van der Waals surface area contributed by atoms with E-state index in [0.717, 1.165) is 0 Å². The van der Waals surface area contributed by atoms with Crippen LogP contribution in [-0.4, -0.2) is 21.4 Å². The average Bonchev–Trinajstić information content (AvgIpc) is 2.49. The Morgan fingerprint density at radius 2 is 2.25 bits per heavy atom. The summed E-state index contributed by atoms with van der Waals surface area (Å²) in [6.45, 7) is 0. The molecule has 2 rings (SSSR count). The van der Waals surface area contributed by atoms with E-state index in [-0.39, 0.29) is 5.56 Å². The average molecular weight is 162 g/mol. The second kappa shape index (κ2) is 2.30. The lowest BCUT2D eigenvalue weighted by Crippen LogP contribution is -1.94. The second-order valence-electron chi connectivity index (χ2n) is 2.30. The molecule has 0 aliphatic heterocycles. The van der Waals surface area contributed by atoms with Crippen LogP contribution in [0.1, 0.15) is 10.4 Å². The zero-order chi connectivity index (χ0) is 8.55. The number of fused-ring (bicyclic) bond motifs is 1. The largest absolute Gasteiger partial charge is 0.388 e. The highest BCUT2D eigenvalue weighted by molar-refractivity contribution is 6.00. The van der Waals surface area contributed by atoms with Gasteiger partial charge in [0.2, 0.25) is 0 Å². The number of carbonyl (C=O) groups excluding carboxylic acids is 1. The van der Waals surface area contributed by atoms with Crippen LogP contribution >= 0.6 is 0 Å². The molecule has 0 bridgehead atoms. The molecule has 12 heavy (non-hydrogen) atoms. The van der Waals surface area contributed by atoms with Gasteiger partial charge in [0.25, 0.3) is 0 Å². The van der Waals surface area contributed by atoms with Crippen LogP contribution in [0.5, 0.6) is 0 Å². The molecule has 0 aliphatic rings. The number of benzene rings is 1. The van der Waals surface area contributed by atoms with Gasteiger partial charge in [0.1, 0.15) is 5.52 Å². The predicted octanol–water partition coefficient (Wildman–Crippen LogP) is 0.529. The van der Waals surface area contributed by atoms with Crippen molar-refractivity contribution in [1.29, 1.82) is 0 Å². The van der Waals surface area contributed by atoms with Gasteiger partial charge in [-0.05, 0) is 12.1 Å². The van der Waals surface area contributed by atoms with E-state index < -0.39 is 5.97 Å². The van der Waals surface area contributed by atoms with Crippen molar-refractivity contribution < 1.29 is 9.90 Å². The van der Waals surface area contributed by atoms with E-state index in [2.05, 4.69) is 15.4 Å². The summed E-state index contributed by atoms with van der Waals surface area (Å²) in [4.78, 5) is 10.5. The topological polar surface area (TPSA) is 78.5 Å². The van der Waals surface area contributed by atoms with Crippen molar-refractivity contribution in [2.24, 2.45) is 0 Å². The fourth-order valence-electron chi connectivity index (χ4n) is 1.04. The van der Waals surface area contributed by atoms with Crippen molar-refractivity contribution in [1.82, 2.24) is 15.4 Å². The third-order valence-corrected chi connectivity index (χ3v) is 1.58. The number of carbonyl (C=O) groups is 1. The second-order valence-corrected chi connectivity index (χ2v) is 2.30. The van der Waals surface area contributed by atoms with Gasteiger partial charge in [-0.25, -0.2) is 9.90 Å². The molecule has 5 nitrogen and oxygen atoms in total. The Labute approximate surface area is 67.0 Å². The van der Waals surface area contributed by atoms with Crippen molar-refractivity contribution in [2.45, 2.75) is 0 Å². The molecular formula is C7H4N3O2. The van der Waals surface area contributed by atoms with Crippen LogP contribution in [-0.2, 0) is 5.11 Å². The monoisotopic (exact) mass is 162 g/mol. The quantitative estimate of drug-likeness (QED) is 0.664. The van der Waals surface area contributed by atoms with Crippen LogP contribution in [0.3, 0.4) is 0 Å². The maximum atomic E-state index is 10.5. The lowest BCUT2D eigenvalue weighted by molar-refractivity contribution is 0.0575. The number of hydrogen-bond donors (Lipinski definition) is 1. The van der Waals surface area contributed by atoms with Crippen LogP contribution in [0.25, 0.3) is 11.0 Å². The number of aromatic nitrogens is 3. The van der Waals surface area contributed by atoms with Crippen LogP contribution in [0.4, 0.5) is 0 Å². The highest BCUT2D eigenvalue weighted by atomic mass is 16.4. The summed E-state index contributed by atoms with van der Waals surface area (Å²) in [6, 6.07) is 4.73. The Bertz CT molecular complexity index is 435. The molecule has 0 saturated heterocycles. The van der Waals surface area contributed by atoms with Gasteiger partial charge in [-0.3, -0.25) is 5.10 Å². The third kappa shape index (κ3) is 0.833. The summed E-state index contributed by atoms with van der Waals surface area (Å²) in [5, 5.41) is 20.2. The summed E-state index contributed by atoms with van der Waals surface area (Å²) in [5.74, 6) is -1.24. The summed E-state index contributed by atoms with van der Waals surface area (Å²) in [6.07, 6.45) is 0. The van der Waals surface area contributed by atoms with E-state index in [0.29, 0.717) is 11.0 Å². The van der Waals surface area contributed by atoms with E-state index >= 15 is 0 Å². The molecule has 0 saturated carbocycles. The number of hydrogen-bond acceptors (Lipinski definition) is 3. The fourth-order valence-corrected chi connectivity index (χ4v) is 1.04. The Morgan fingerprint density at radius 1 is 1.42 bits per heavy atom. The fraction of sp³-hybridized carbons (Fsp3) is 0. The van der Waals surface area contributed by atoms with Crippen LogP contribution < -0.4 is 0 Å². The van der Waals surface area contributed by atoms with Crippen molar-refractivity contribution in [3.8, 4) is 0 Å². The van der Waals surface area contributed by atoms with Gasteiger partial charge in [-0.1, -0.05) is 11.3 Å². The number of rotatable bonds is 1. The number of nitrogens with zero attached hydrogens (tertiary/aromatic N) is 2.